The van der Waals surface area contributed by atoms with Crippen LogP contribution in [0.5, 0.6) is 0 Å². The normalized spacial score (nSPS) is 11.7. The average Bonchev–Trinajstić information content (AvgIpc) is 2.36. The van der Waals surface area contributed by atoms with Crippen molar-refractivity contribution >= 4 is 23.6 Å². The minimum Gasteiger partial charge on any atom is -0.464 e. The number of ether oxygens (including phenoxy) is 1. The molecule has 1 rings (SSSR count). The van der Waals surface area contributed by atoms with Gasteiger partial charge in [-0.2, -0.15) is 9.97 Å². The van der Waals surface area contributed by atoms with E-state index in [-0.39, 0.29) is 11.9 Å². The first-order valence-electron chi connectivity index (χ1n) is 6.38. The Kier molecular flexibility index (Phi) is 5.84. The third kappa shape index (κ3) is 4.99. The fraction of sp³-hybridized carbons (Fsp3) is 0.583. The molecule has 0 bridgehead atoms. The van der Waals surface area contributed by atoms with Crippen molar-refractivity contribution in [3.05, 3.63) is 6.07 Å². The third-order valence-corrected chi connectivity index (χ3v) is 2.30. The maximum Gasteiger partial charge on any atom is 0.328 e. The molecule has 0 spiro atoms. The van der Waals surface area contributed by atoms with Gasteiger partial charge in [-0.15, -0.1) is 0 Å². The summed E-state index contributed by atoms with van der Waals surface area (Å²) in [6, 6.07) is 1.22. The van der Waals surface area contributed by atoms with Crippen LogP contribution in [0, 0.1) is 0 Å². The quantitative estimate of drug-likeness (QED) is 0.639. The molecule has 1 unspecified atom stereocenters. The van der Waals surface area contributed by atoms with Crippen LogP contribution in [0.15, 0.2) is 6.07 Å². The van der Waals surface area contributed by atoms with Crippen LogP contribution in [0.3, 0.4) is 0 Å². The third-order valence-electron chi connectivity index (χ3n) is 2.30. The van der Waals surface area contributed by atoms with Crippen LogP contribution in [-0.2, 0) is 9.53 Å². The van der Waals surface area contributed by atoms with Crippen LogP contribution in [0.1, 0.15) is 27.2 Å². The molecule has 1 atom stereocenters. The number of anilines is 3. The molecule has 0 saturated carbocycles. The highest BCUT2D eigenvalue weighted by Gasteiger charge is 2.14. The highest BCUT2D eigenvalue weighted by molar-refractivity contribution is 5.78. The minimum atomic E-state index is -0.492. The van der Waals surface area contributed by atoms with E-state index >= 15 is 0 Å². The van der Waals surface area contributed by atoms with Crippen molar-refractivity contribution in [2.75, 3.05) is 29.5 Å². The van der Waals surface area contributed by atoms with Crippen molar-refractivity contribution in [1.82, 2.24) is 9.97 Å². The summed E-state index contributed by atoms with van der Waals surface area (Å²) in [5.41, 5.74) is 5.62. The number of hydrogen-bond acceptors (Lipinski definition) is 7. The lowest BCUT2D eigenvalue weighted by Gasteiger charge is -2.14. The van der Waals surface area contributed by atoms with Gasteiger partial charge in [-0.05, 0) is 20.3 Å². The Hall–Kier alpha value is -2.05. The van der Waals surface area contributed by atoms with E-state index in [9.17, 15) is 4.79 Å². The first-order valence-corrected chi connectivity index (χ1v) is 6.38. The molecule has 0 aliphatic heterocycles. The monoisotopic (exact) mass is 267 g/mol. The summed E-state index contributed by atoms with van der Waals surface area (Å²) in [6.07, 6.45) is 0.978. The number of nitrogens with zero attached hydrogens (tertiary/aromatic N) is 2. The molecule has 0 aliphatic carbocycles. The molecule has 1 heterocycles. The van der Waals surface area contributed by atoms with Crippen LogP contribution < -0.4 is 16.4 Å². The molecule has 0 saturated heterocycles. The smallest absolute Gasteiger partial charge is 0.328 e. The number of carbonyl (C=O) groups is 1. The summed E-state index contributed by atoms with van der Waals surface area (Å²) in [4.78, 5) is 19.6. The highest BCUT2D eigenvalue weighted by atomic mass is 16.5. The summed E-state index contributed by atoms with van der Waals surface area (Å²) in [6.45, 7) is 6.67. The molecule has 0 aromatic carbocycles. The van der Waals surface area contributed by atoms with Gasteiger partial charge in [0.05, 0.1) is 6.61 Å². The Bertz CT molecular complexity index is 425. The summed E-state index contributed by atoms with van der Waals surface area (Å²) in [7, 11) is 0. The summed E-state index contributed by atoms with van der Waals surface area (Å²) in [5.74, 6) is 0.946. The minimum absolute atomic E-state index is 0.152. The van der Waals surface area contributed by atoms with Crippen molar-refractivity contribution in [2.24, 2.45) is 0 Å². The standard InChI is InChI=1S/C12H21N5O2/c1-4-6-14-9-7-10(17-12(13)16-9)15-8(3)11(18)19-5-2/h7-8H,4-6H2,1-3H3,(H4,13,14,15,16,17). The number of nitrogens with one attached hydrogen (secondary N) is 2. The molecule has 0 fully saturated rings. The van der Waals surface area contributed by atoms with E-state index in [0.717, 1.165) is 13.0 Å². The van der Waals surface area contributed by atoms with Gasteiger partial charge in [0.1, 0.15) is 17.7 Å². The zero-order valence-corrected chi connectivity index (χ0v) is 11.6. The zero-order valence-electron chi connectivity index (χ0n) is 11.6. The SMILES string of the molecule is CCCNc1cc(NC(C)C(=O)OCC)nc(N)n1. The van der Waals surface area contributed by atoms with Gasteiger partial charge in [-0.25, -0.2) is 4.79 Å². The average molecular weight is 267 g/mol. The van der Waals surface area contributed by atoms with E-state index in [2.05, 4.69) is 27.5 Å². The molecule has 1 aromatic heterocycles. The van der Waals surface area contributed by atoms with E-state index in [1.54, 1.807) is 19.9 Å². The lowest BCUT2D eigenvalue weighted by molar-refractivity contribution is -0.143. The molecule has 1 aromatic rings. The van der Waals surface area contributed by atoms with Gasteiger partial charge in [-0.3, -0.25) is 0 Å². The van der Waals surface area contributed by atoms with Crippen LogP contribution in [0.4, 0.5) is 17.6 Å². The second kappa shape index (κ2) is 7.40. The predicted molar refractivity (Wildman–Crippen MR) is 74.9 cm³/mol. The van der Waals surface area contributed by atoms with Gasteiger partial charge >= 0.3 is 5.97 Å². The maximum atomic E-state index is 11.5. The van der Waals surface area contributed by atoms with Crippen molar-refractivity contribution in [3.8, 4) is 0 Å². The van der Waals surface area contributed by atoms with E-state index in [1.165, 1.54) is 0 Å². The molecule has 4 N–H and O–H groups in total. The van der Waals surface area contributed by atoms with Crippen molar-refractivity contribution in [2.45, 2.75) is 33.2 Å². The Morgan fingerprint density at radius 3 is 2.74 bits per heavy atom. The molecular weight excluding hydrogens is 246 g/mol. The lowest BCUT2D eigenvalue weighted by Crippen LogP contribution is -2.28. The van der Waals surface area contributed by atoms with E-state index in [4.69, 9.17) is 10.5 Å². The lowest BCUT2D eigenvalue weighted by atomic mass is 10.3. The van der Waals surface area contributed by atoms with Gasteiger partial charge in [-0.1, -0.05) is 6.92 Å². The van der Waals surface area contributed by atoms with Crippen molar-refractivity contribution < 1.29 is 9.53 Å². The second-order valence-corrected chi connectivity index (χ2v) is 4.04. The highest BCUT2D eigenvalue weighted by Crippen LogP contribution is 2.13. The Morgan fingerprint density at radius 1 is 1.42 bits per heavy atom. The molecule has 19 heavy (non-hydrogen) atoms. The van der Waals surface area contributed by atoms with Gasteiger partial charge in [0.15, 0.2) is 0 Å². The maximum absolute atomic E-state index is 11.5. The molecule has 0 radical (unpaired) electrons. The number of esters is 1. The first-order chi connectivity index (χ1) is 9.06. The number of nitrogens with two attached hydrogens (primary N) is 1. The number of nitrogen functional groups attached to an aromatic ring is 1. The van der Waals surface area contributed by atoms with E-state index in [0.29, 0.717) is 18.2 Å². The Morgan fingerprint density at radius 2 is 2.11 bits per heavy atom. The number of hydrogen-bond donors (Lipinski definition) is 3. The zero-order chi connectivity index (χ0) is 14.3. The van der Waals surface area contributed by atoms with Gasteiger partial charge in [0.25, 0.3) is 0 Å². The largest absolute Gasteiger partial charge is 0.464 e. The number of rotatable bonds is 7. The van der Waals surface area contributed by atoms with Crippen molar-refractivity contribution in [1.29, 1.82) is 0 Å². The Labute approximate surface area is 113 Å². The predicted octanol–water partition coefficient (Wildman–Crippen LogP) is 1.24. The number of carbonyl (C=O) groups excluding carboxylic acids is 1. The van der Waals surface area contributed by atoms with E-state index < -0.39 is 6.04 Å². The number of aromatic nitrogens is 2. The second-order valence-electron chi connectivity index (χ2n) is 4.04. The van der Waals surface area contributed by atoms with Crippen LogP contribution in [-0.4, -0.2) is 35.1 Å². The Balaban J connectivity index is 2.71. The van der Waals surface area contributed by atoms with Crippen LogP contribution >= 0.6 is 0 Å². The van der Waals surface area contributed by atoms with Gasteiger partial charge in [0.2, 0.25) is 5.95 Å². The molecule has 106 valence electrons. The molecular formula is C12H21N5O2. The molecule has 0 amide bonds. The fourth-order valence-corrected chi connectivity index (χ4v) is 1.43. The summed E-state index contributed by atoms with van der Waals surface area (Å²) in [5, 5.41) is 6.05. The van der Waals surface area contributed by atoms with Crippen LogP contribution in [0.25, 0.3) is 0 Å². The topological polar surface area (TPSA) is 102 Å². The first kappa shape index (κ1) is 15.0. The molecule has 7 nitrogen and oxygen atoms in total. The summed E-state index contributed by atoms with van der Waals surface area (Å²) >= 11 is 0. The summed E-state index contributed by atoms with van der Waals surface area (Å²) < 4.78 is 4.91. The molecule has 7 heteroatoms. The van der Waals surface area contributed by atoms with Crippen molar-refractivity contribution in [3.63, 3.8) is 0 Å². The fourth-order valence-electron chi connectivity index (χ4n) is 1.43. The van der Waals surface area contributed by atoms with Gasteiger partial charge in [0, 0.05) is 12.6 Å². The van der Waals surface area contributed by atoms with Gasteiger partial charge < -0.3 is 21.1 Å². The van der Waals surface area contributed by atoms with E-state index in [1.807, 2.05) is 0 Å². The van der Waals surface area contributed by atoms with Crippen LogP contribution in [0.2, 0.25) is 0 Å². The molecule has 0 aliphatic rings.